The Balaban J connectivity index is 2.08. The summed E-state index contributed by atoms with van der Waals surface area (Å²) in [5.41, 5.74) is 2.10. The summed E-state index contributed by atoms with van der Waals surface area (Å²) in [6.45, 7) is 5.72. The lowest BCUT2D eigenvalue weighted by atomic mass is 9.93. The molecular weight excluding hydrogens is 266 g/mol. The summed E-state index contributed by atoms with van der Waals surface area (Å²) in [6.07, 6.45) is 3.45. The Labute approximate surface area is 126 Å². The number of carboxylic acids is 1. The quantitative estimate of drug-likeness (QED) is 0.875. The van der Waals surface area contributed by atoms with Crippen LogP contribution in [0.4, 0.5) is 0 Å². The zero-order valence-corrected chi connectivity index (χ0v) is 12.9. The lowest BCUT2D eigenvalue weighted by Gasteiger charge is -2.37. The molecule has 0 bridgehead atoms. The SMILES string of the molecule is CCC(Cc1cc(C)ccc1O)N1CCCC(C(=O)O)C1. The Morgan fingerprint density at radius 2 is 2.24 bits per heavy atom. The fourth-order valence-electron chi connectivity index (χ4n) is 3.20. The molecule has 1 saturated heterocycles. The maximum atomic E-state index is 11.2. The number of phenols is 1. The highest BCUT2D eigenvalue weighted by Gasteiger charge is 2.29. The first-order chi connectivity index (χ1) is 10.0. The van der Waals surface area contributed by atoms with Crippen LogP contribution in [0.5, 0.6) is 5.75 Å². The highest BCUT2D eigenvalue weighted by atomic mass is 16.4. The third-order valence-corrected chi connectivity index (χ3v) is 4.48. The van der Waals surface area contributed by atoms with Crippen molar-refractivity contribution in [2.24, 2.45) is 5.92 Å². The van der Waals surface area contributed by atoms with E-state index in [0.29, 0.717) is 18.3 Å². The van der Waals surface area contributed by atoms with E-state index in [1.54, 1.807) is 6.07 Å². The fraction of sp³-hybridized carbons (Fsp3) is 0.588. The molecule has 1 fully saturated rings. The molecule has 0 aromatic heterocycles. The van der Waals surface area contributed by atoms with Gasteiger partial charge in [0.2, 0.25) is 0 Å². The molecule has 2 unspecified atom stereocenters. The molecule has 2 rings (SSSR count). The second kappa shape index (κ2) is 6.94. The van der Waals surface area contributed by atoms with Gasteiger partial charge in [-0.05, 0) is 50.8 Å². The van der Waals surface area contributed by atoms with Crippen LogP contribution in [0.1, 0.15) is 37.3 Å². The number of aliphatic carboxylic acids is 1. The van der Waals surface area contributed by atoms with Crippen molar-refractivity contribution in [3.05, 3.63) is 29.3 Å². The predicted octanol–water partition coefficient (Wildman–Crippen LogP) is 2.82. The smallest absolute Gasteiger partial charge is 0.307 e. The van der Waals surface area contributed by atoms with E-state index in [-0.39, 0.29) is 5.92 Å². The Morgan fingerprint density at radius 1 is 1.48 bits per heavy atom. The Kier molecular flexibility index (Phi) is 5.23. The van der Waals surface area contributed by atoms with Crippen LogP contribution in [0.2, 0.25) is 0 Å². The number of aryl methyl sites for hydroxylation is 1. The first-order valence-corrected chi connectivity index (χ1v) is 7.76. The minimum absolute atomic E-state index is 0.251. The van der Waals surface area contributed by atoms with Gasteiger partial charge in [-0.3, -0.25) is 9.69 Å². The van der Waals surface area contributed by atoms with Crippen molar-refractivity contribution >= 4 is 5.97 Å². The standard InChI is InChI=1S/C17H25NO3/c1-3-15(10-14-9-12(2)6-7-16(14)19)18-8-4-5-13(11-18)17(20)21/h6-7,9,13,15,19H,3-5,8,10-11H2,1-2H3,(H,20,21). The van der Waals surface area contributed by atoms with Gasteiger partial charge in [-0.25, -0.2) is 0 Å². The molecule has 0 spiro atoms. The minimum atomic E-state index is -0.687. The molecule has 0 aliphatic carbocycles. The van der Waals surface area contributed by atoms with Crippen LogP contribution in [0, 0.1) is 12.8 Å². The van der Waals surface area contributed by atoms with Crippen molar-refractivity contribution in [2.45, 2.75) is 45.6 Å². The van der Waals surface area contributed by atoms with E-state index in [0.717, 1.165) is 43.4 Å². The molecule has 21 heavy (non-hydrogen) atoms. The van der Waals surface area contributed by atoms with E-state index in [1.807, 2.05) is 19.1 Å². The summed E-state index contributed by atoms with van der Waals surface area (Å²) in [5.74, 6) is -0.599. The van der Waals surface area contributed by atoms with Crippen LogP contribution < -0.4 is 0 Å². The molecule has 0 radical (unpaired) electrons. The summed E-state index contributed by atoms with van der Waals surface area (Å²) < 4.78 is 0. The van der Waals surface area contributed by atoms with Crippen LogP contribution in [0.15, 0.2) is 18.2 Å². The van der Waals surface area contributed by atoms with E-state index in [9.17, 15) is 15.0 Å². The van der Waals surface area contributed by atoms with E-state index in [1.165, 1.54) is 0 Å². The number of rotatable bonds is 5. The number of nitrogens with zero attached hydrogens (tertiary/aromatic N) is 1. The van der Waals surface area contributed by atoms with E-state index in [4.69, 9.17) is 0 Å². The Morgan fingerprint density at radius 3 is 2.90 bits per heavy atom. The molecule has 4 heteroatoms. The van der Waals surface area contributed by atoms with E-state index < -0.39 is 5.97 Å². The average molecular weight is 291 g/mol. The number of likely N-dealkylation sites (tertiary alicyclic amines) is 1. The fourth-order valence-corrected chi connectivity index (χ4v) is 3.20. The third-order valence-electron chi connectivity index (χ3n) is 4.48. The van der Waals surface area contributed by atoms with Gasteiger partial charge in [0.15, 0.2) is 0 Å². The third kappa shape index (κ3) is 3.97. The Bertz CT molecular complexity index is 501. The second-order valence-corrected chi connectivity index (χ2v) is 6.07. The topological polar surface area (TPSA) is 60.8 Å². The van der Waals surface area contributed by atoms with Gasteiger partial charge in [0.05, 0.1) is 5.92 Å². The Hall–Kier alpha value is -1.55. The van der Waals surface area contributed by atoms with Crippen molar-refractivity contribution in [1.82, 2.24) is 4.90 Å². The lowest BCUT2D eigenvalue weighted by Crippen LogP contribution is -2.45. The van der Waals surface area contributed by atoms with Crippen LogP contribution in [-0.2, 0) is 11.2 Å². The monoisotopic (exact) mass is 291 g/mol. The number of carbonyl (C=O) groups is 1. The molecule has 0 amide bonds. The number of aromatic hydroxyl groups is 1. The number of hydrogen-bond acceptors (Lipinski definition) is 3. The van der Waals surface area contributed by atoms with Crippen LogP contribution in [-0.4, -0.2) is 40.2 Å². The summed E-state index contributed by atoms with van der Waals surface area (Å²) in [4.78, 5) is 13.5. The molecule has 2 N–H and O–H groups in total. The molecule has 1 aliphatic rings. The van der Waals surface area contributed by atoms with Gasteiger partial charge in [0.1, 0.15) is 5.75 Å². The zero-order valence-electron chi connectivity index (χ0n) is 12.9. The maximum absolute atomic E-state index is 11.2. The largest absolute Gasteiger partial charge is 0.508 e. The zero-order chi connectivity index (χ0) is 15.4. The highest BCUT2D eigenvalue weighted by molar-refractivity contribution is 5.70. The summed E-state index contributed by atoms with van der Waals surface area (Å²) >= 11 is 0. The molecule has 116 valence electrons. The first-order valence-electron chi connectivity index (χ1n) is 7.76. The molecule has 1 aromatic carbocycles. The van der Waals surface area contributed by atoms with Crippen molar-refractivity contribution in [1.29, 1.82) is 0 Å². The number of benzene rings is 1. The van der Waals surface area contributed by atoms with E-state index in [2.05, 4.69) is 11.8 Å². The predicted molar refractivity (Wildman–Crippen MR) is 82.6 cm³/mol. The lowest BCUT2D eigenvalue weighted by molar-refractivity contribution is -0.143. The molecule has 1 aliphatic heterocycles. The molecule has 1 heterocycles. The number of hydrogen-bond donors (Lipinski definition) is 2. The van der Waals surface area contributed by atoms with Gasteiger partial charge in [0, 0.05) is 12.6 Å². The van der Waals surface area contributed by atoms with Gasteiger partial charge in [-0.2, -0.15) is 0 Å². The molecule has 1 aromatic rings. The number of piperidine rings is 1. The normalized spacial score (nSPS) is 21.1. The van der Waals surface area contributed by atoms with Crippen molar-refractivity contribution in [2.75, 3.05) is 13.1 Å². The van der Waals surface area contributed by atoms with Crippen LogP contribution in [0.25, 0.3) is 0 Å². The minimum Gasteiger partial charge on any atom is -0.508 e. The second-order valence-electron chi connectivity index (χ2n) is 6.07. The summed E-state index contributed by atoms with van der Waals surface area (Å²) in [7, 11) is 0. The van der Waals surface area contributed by atoms with Gasteiger partial charge >= 0.3 is 5.97 Å². The summed E-state index contributed by atoms with van der Waals surface area (Å²) in [5, 5.41) is 19.2. The number of phenolic OH excluding ortho intramolecular Hbond substituents is 1. The van der Waals surface area contributed by atoms with E-state index >= 15 is 0 Å². The van der Waals surface area contributed by atoms with Gasteiger partial charge in [-0.15, -0.1) is 0 Å². The highest BCUT2D eigenvalue weighted by Crippen LogP contribution is 2.25. The molecule has 2 atom stereocenters. The van der Waals surface area contributed by atoms with Crippen molar-refractivity contribution in [3.63, 3.8) is 0 Å². The summed E-state index contributed by atoms with van der Waals surface area (Å²) in [6, 6.07) is 5.96. The van der Waals surface area contributed by atoms with Crippen molar-refractivity contribution < 1.29 is 15.0 Å². The van der Waals surface area contributed by atoms with Gasteiger partial charge in [0.25, 0.3) is 0 Å². The van der Waals surface area contributed by atoms with Gasteiger partial charge in [-0.1, -0.05) is 24.6 Å². The van der Waals surface area contributed by atoms with Crippen LogP contribution >= 0.6 is 0 Å². The molecule has 4 nitrogen and oxygen atoms in total. The average Bonchev–Trinajstić information content (AvgIpc) is 2.48. The molecule has 0 saturated carbocycles. The number of carboxylic acid groups (broad SMARTS) is 1. The maximum Gasteiger partial charge on any atom is 0.307 e. The first kappa shape index (κ1) is 15.8. The van der Waals surface area contributed by atoms with Crippen molar-refractivity contribution in [3.8, 4) is 5.75 Å². The van der Waals surface area contributed by atoms with Gasteiger partial charge < -0.3 is 10.2 Å². The van der Waals surface area contributed by atoms with Crippen LogP contribution in [0.3, 0.4) is 0 Å². The molecular formula is C17H25NO3.